The summed E-state index contributed by atoms with van der Waals surface area (Å²) in [5, 5.41) is 2.07. The summed E-state index contributed by atoms with van der Waals surface area (Å²) in [5.74, 6) is 1.61. The molecule has 5 heterocycles. The van der Waals surface area contributed by atoms with Crippen molar-refractivity contribution >= 4 is 50.2 Å². The van der Waals surface area contributed by atoms with Crippen molar-refractivity contribution in [1.82, 2.24) is 18.5 Å². The predicted molar refractivity (Wildman–Crippen MR) is 260 cm³/mol. The molecule has 2 aromatic heterocycles. The zero-order valence-corrected chi connectivity index (χ0v) is 40.1. The van der Waals surface area contributed by atoms with Crippen LogP contribution in [0.5, 0.6) is 11.5 Å². The Morgan fingerprint density at radius 1 is 0.703 bits per heavy atom. The normalized spacial score (nSPS) is 18.9. The Hall–Kier alpha value is -5.83. The van der Waals surface area contributed by atoms with Crippen molar-refractivity contribution in [3.05, 3.63) is 180 Å². The third-order valence-corrected chi connectivity index (χ3v) is 13.0. The molecule has 3 aliphatic heterocycles. The van der Waals surface area contributed by atoms with E-state index in [1.165, 1.54) is 11.1 Å². The number of aromatic nitrogens is 2. The Balaban J connectivity index is 0.00000562. The van der Waals surface area contributed by atoms with Crippen LogP contribution in [-0.4, -0.2) is 16.2 Å². The molecule has 2 bridgehead atoms. The molecule has 0 amide bonds. The second kappa shape index (κ2) is 15.1. The fraction of sp³-hybridized carbons (Fsp3) is 0.246. The van der Waals surface area contributed by atoms with Gasteiger partial charge in [-0.05, 0) is 74.5 Å². The van der Waals surface area contributed by atoms with Crippen LogP contribution in [0.1, 0.15) is 88.7 Å². The van der Waals surface area contributed by atoms with Gasteiger partial charge in [-0.25, -0.2) is 4.98 Å². The first kappa shape index (κ1) is 39.7. The van der Waals surface area contributed by atoms with Gasteiger partial charge in [-0.3, -0.25) is 9.33 Å². The molecule has 3 aliphatic rings. The van der Waals surface area contributed by atoms with Crippen LogP contribution in [0.15, 0.2) is 128 Å². The summed E-state index contributed by atoms with van der Waals surface area (Å²) in [6.45, 7) is 28.5. The van der Waals surface area contributed by atoms with Crippen molar-refractivity contribution in [3.63, 3.8) is 0 Å². The Morgan fingerprint density at radius 2 is 1.42 bits per heavy atom. The molecular weight excluding hydrogens is 966 g/mol. The van der Waals surface area contributed by atoms with Crippen molar-refractivity contribution < 1.29 is 29.9 Å². The van der Waals surface area contributed by atoms with Gasteiger partial charge in [-0.1, -0.05) is 135 Å². The number of benzene rings is 6. The van der Waals surface area contributed by atoms with Gasteiger partial charge in [0, 0.05) is 77.8 Å². The largest absolute Gasteiger partial charge is 0.510 e. The van der Waals surface area contributed by atoms with Gasteiger partial charge in [0.15, 0.2) is 18.0 Å². The van der Waals surface area contributed by atoms with Gasteiger partial charge in [0.1, 0.15) is 11.5 Å². The summed E-state index contributed by atoms with van der Waals surface area (Å²) in [4.78, 5) is 8.82. The van der Waals surface area contributed by atoms with E-state index in [0.717, 1.165) is 61.4 Å². The summed E-state index contributed by atoms with van der Waals surface area (Å²) in [6.07, 6.45) is 1.87. The van der Waals surface area contributed by atoms with Crippen LogP contribution in [0, 0.1) is 32.2 Å². The number of rotatable bonds is 6. The van der Waals surface area contributed by atoms with Crippen LogP contribution < -0.4 is 13.7 Å². The summed E-state index contributed by atoms with van der Waals surface area (Å²) in [6, 6.07) is 48.3. The molecule has 1 saturated heterocycles. The Kier molecular flexibility index (Phi) is 9.40. The molecule has 8 aromatic rings. The SMILES string of the molecule is [2H]C([2H])([2H])c1cccc2c1[N@@+]1(c3cc(C(C)(C)C)cc(C(C)(C)C)c3)[CH-][N@+]2(c2[c-]c(Oc3[c-]c4c(cc3)c3cc(-c5ccccc5)ccc3n4-c3cc(C(C)(C)C)ccn3)cc([N+]#[C-])c2)C1.[Pt]. The molecule has 6 aromatic carbocycles. The Labute approximate surface area is 397 Å². The number of nitrogens with zero attached hydrogens (tertiary/aromatic N) is 5. The average molecular weight is 1020 g/mol. The maximum atomic E-state index is 8.75. The topological polar surface area (TPSA) is 31.4 Å². The van der Waals surface area contributed by atoms with Crippen molar-refractivity contribution in [2.45, 2.75) is 85.4 Å². The fourth-order valence-corrected chi connectivity index (χ4v) is 9.46. The van der Waals surface area contributed by atoms with Gasteiger partial charge in [0.2, 0.25) is 0 Å². The number of quaternary nitrogens is 2. The number of ether oxygens (including phenoxy) is 1. The molecule has 7 heteroatoms. The number of pyridine rings is 1. The molecule has 0 aliphatic carbocycles. The maximum absolute atomic E-state index is 8.75. The third-order valence-electron chi connectivity index (χ3n) is 13.0. The molecule has 0 unspecified atom stereocenters. The van der Waals surface area contributed by atoms with Crippen molar-refractivity contribution in [3.8, 4) is 28.4 Å². The van der Waals surface area contributed by atoms with E-state index in [1.54, 1.807) is 12.1 Å². The molecule has 0 N–H and O–H groups in total. The Bertz CT molecular complexity index is 3270. The van der Waals surface area contributed by atoms with Crippen LogP contribution in [-0.2, 0) is 37.3 Å². The zero-order chi connectivity index (χ0) is 46.8. The molecular formula is C57H54N5OPt-. The van der Waals surface area contributed by atoms with Gasteiger partial charge in [0.05, 0.1) is 18.9 Å². The van der Waals surface area contributed by atoms with Gasteiger partial charge in [0.25, 0.3) is 0 Å². The molecule has 0 spiro atoms. The summed E-state index contributed by atoms with van der Waals surface area (Å²) < 4.78 is 35.6. The molecule has 11 rings (SSSR count). The molecule has 324 valence electrons. The van der Waals surface area contributed by atoms with E-state index in [4.69, 9.17) is 20.4 Å². The van der Waals surface area contributed by atoms with E-state index >= 15 is 0 Å². The van der Waals surface area contributed by atoms with Crippen LogP contribution in [0.4, 0.5) is 28.4 Å². The summed E-state index contributed by atoms with van der Waals surface area (Å²) in [5.41, 5.74) is 11.2. The molecule has 2 atom stereocenters. The molecule has 0 saturated carbocycles. The van der Waals surface area contributed by atoms with Gasteiger partial charge in [-0.15, -0.1) is 29.7 Å². The fourth-order valence-electron chi connectivity index (χ4n) is 9.46. The second-order valence-corrected chi connectivity index (χ2v) is 20.4. The first-order valence-corrected chi connectivity index (χ1v) is 21.7. The van der Waals surface area contributed by atoms with E-state index in [2.05, 4.69) is 169 Å². The minimum Gasteiger partial charge on any atom is -0.510 e. The number of para-hydroxylation sites is 1. The number of hydrogen-bond donors (Lipinski definition) is 0. The van der Waals surface area contributed by atoms with E-state index in [0.29, 0.717) is 35.1 Å². The monoisotopic (exact) mass is 1020 g/mol. The second-order valence-electron chi connectivity index (χ2n) is 20.4. The maximum Gasteiger partial charge on any atom is 0.184 e. The molecule has 0 radical (unpaired) electrons. The average Bonchev–Trinajstić information content (AvgIpc) is 3.86. The summed E-state index contributed by atoms with van der Waals surface area (Å²) in [7, 11) is 0. The summed E-state index contributed by atoms with van der Waals surface area (Å²) >= 11 is 0. The predicted octanol–water partition coefficient (Wildman–Crippen LogP) is 15.4. The van der Waals surface area contributed by atoms with Crippen molar-refractivity contribution in [1.29, 1.82) is 0 Å². The van der Waals surface area contributed by atoms with Crippen LogP contribution in [0.25, 0.3) is 43.6 Å². The minimum atomic E-state index is -2.36. The van der Waals surface area contributed by atoms with E-state index in [9.17, 15) is 0 Å². The van der Waals surface area contributed by atoms with Gasteiger partial charge < -0.3 is 13.8 Å². The third kappa shape index (κ3) is 7.01. The minimum absolute atomic E-state index is 0. The number of hydrogen-bond acceptors (Lipinski definition) is 2. The Morgan fingerprint density at radius 3 is 2.09 bits per heavy atom. The van der Waals surface area contributed by atoms with Crippen LogP contribution >= 0.6 is 0 Å². The molecule has 1 fully saturated rings. The van der Waals surface area contributed by atoms with E-state index in [-0.39, 0.29) is 46.3 Å². The van der Waals surface area contributed by atoms with Gasteiger partial charge in [-0.2, -0.15) is 6.07 Å². The number of aryl methyl sites for hydroxylation is 1. The van der Waals surface area contributed by atoms with Crippen LogP contribution in [0.3, 0.4) is 0 Å². The first-order valence-electron chi connectivity index (χ1n) is 23.2. The molecule has 6 nitrogen and oxygen atoms in total. The van der Waals surface area contributed by atoms with Gasteiger partial charge >= 0.3 is 0 Å². The van der Waals surface area contributed by atoms with E-state index < -0.39 is 6.85 Å². The van der Waals surface area contributed by atoms with E-state index in [1.807, 2.05) is 36.5 Å². The number of fused-ring (bicyclic) bond motifs is 3. The van der Waals surface area contributed by atoms with Crippen molar-refractivity contribution in [2.24, 2.45) is 0 Å². The van der Waals surface area contributed by atoms with Crippen molar-refractivity contribution in [2.75, 3.05) is 6.67 Å². The standard InChI is InChI=1S/C57H54N5O.Pt/c1-37-16-15-19-52-54(37)62(44-28-41(56(5,6)7)27-42(29-44)57(8,9)10)35-61(52,36-62)45-31-43(58-11)32-47(33-45)63-46-21-22-48-49-26-39(38-17-13-12-14-18-38)20-23-50(49)60(51(48)34-46)53-30-40(24-25-59-53)55(2,3)4;/h12-32,35H,36H2,1-10H3;/q-1;/t61-,62+;/m1./s1/i1D3;. The quantitative estimate of drug-likeness (QED) is 0.123. The molecule has 64 heavy (non-hydrogen) atoms. The first-order chi connectivity index (χ1) is 31.1. The zero-order valence-electron chi connectivity index (χ0n) is 40.9. The van der Waals surface area contributed by atoms with Crippen LogP contribution in [0.2, 0.25) is 0 Å². The smallest absolute Gasteiger partial charge is 0.184 e.